The quantitative estimate of drug-likeness (QED) is 0.683. The zero-order valence-corrected chi connectivity index (χ0v) is 9.88. The zero-order valence-electron chi connectivity index (χ0n) is 9.88. The molecule has 0 aliphatic heterocycles. The van der Waals surface area contributed by atoms with Crippen molar-refractivity contribution in [2.24, 2.45) is 0 Å². The number of ether oxygens (including phenoxy) is 1. The van der Waals surface area contributed by atoms with E-state index in [1.807, 2.05) is 6.92 Å². The van der Waals surface area contributed by atoms with Crippen LogP contribution in [0.25, 0.3) is 0 Å². The van der Waals surface area contributed by atoms with Crippen LogP contribution in [0, 0.1) is 0 Å². The molecule has 88 valence electrons. The van der Waals surface area contributed by atoms with Gasteiger partial charge in [0.15, 0.2) is 0 Å². The van der Waals surface area contributed by atoms with Gasteiger partial charge in [-0.1, -0.05) is 6.92 Å². The largest absolute Gasteiger partial charge is 0.381 e. The van der Waals surface area contributed by atoms with Crippen LogP contribution in [0.2, 0.25) is 0 Å². The Balaban J connectivity index is 2.03. The molecule has 0 aromatic rings. The van der Waals surface area contributed by atoms with E-state index in [0.29, 0.717) is 18.7 Å². The van der Waals surface area contributed by atoms with Gasteiger partial charge in [-0.05, 0) is 26.2 Å². The van der Waals surface area contributed by atoms with Crippen molar-refractivity contribution in [2.75, 3.05) is 13.7 Å². The number of nitrogens with one attached hydrogen (secondary N) is 2. The lowest BCUT2D eigenvalue weighted by Crippen LogP contribution is -2.49. The van der Waals surface area contributed by atoms with Crippen molar-refractivity contribution in [3.05, 3.63) is 0 Å². The summed E-state index contributed by atoms with van der Waals surface area (Å²) >= 11 is 0. The van der Waals surface area contributed by atoms with Crippen LogP contribution >= 0.6 is 0 Å². The van der Waals surface area contributed by atoms with Crippen molar-refractivity contribution >= 4 is 5.91 Å². The Labute approximate surface area is 91.8 Å². The maximum absolute atomic E-state index is 11.4. The van der Waals surface area contributed by atoms with Gasteiger partial charge >= 0.3 is 0 Å². The molecule has 4 heteroatoms. The molecule has 4 nitrogen and oxygen atoms in total. The second kappa shape index (κ2) is 6.08. The van der Waals surface area contributed by atoms with Gasteiger partial charge in [-0.15, -0.1) is 0 Å². The molecule has 1 aliphatic rings. The number of carbonyl (C=O) groups excluding carboxylic acids is 1. The molecule has 1 aliphatic carbocycles. The monoisotopic (exact) mass is 214 g/mol. The maximum Gasteiger partial charge on any atom is 0.234 e. The molecule has 0 spiro atoms. The first-order chi connectivity index (χ1) is 7.15. The topological polar surface area (TPSA) is 50.4 Å². The molecule has 15 heavy (non-hydrogen) atoms. The lowest BCUT2D eigenvalue weighted by Gasteiger charge is -2.34. The molecule has 2 N–H and O–H groups in total. The van der Waals surface area contributed by atoms with E-state index in [-0.39, 0.29) is 11.9 Å². The summed E-state index contributed by atoms with van der Waals surface area (Å²) < 4.78 is 5.16. The van der Waals surface area contributed by atoms with Crippen molar-refractivity contribution in [2.45, 2.75) is 51.3 Å². The second-order valence-electron chi connectivity index (χ2n) is 4.28. The first-order valence-corrected chi connectivity index (χ1v) is 5.71. The highest BCUT2D eigenvalue weighted by molar-refractivity contribution is 5.78. The van der Waals surface area contributed by atoms with Gasteiger partial charge in [0, 0.05) is 19.2 Å². The molecule has 0 heterocycles. The van der Waals surface area contributed by atoms with E-state index in [1.54, 1.807) is 7.11 Å². The Morgan fingerprint density at radius 2 is 2.20 bits per heavy atom. The molecule has 0 bridgehead atoms. The van der Waals surface area contributed by atoms with Crippen molar-refractivity contribution < 1.29 is 9.53 Å². The predicted octanol–water partition coefficient (Wildman–Crippen LogP) is 0.668. The number of hydrogen-bond donors (Lipinski definition) is 2. The summed E-state index contributed by atoms with van der Waals surface area (Å²) in [7, 11) is 1.73. The van der Waals surface area contributed by atoms with E-state index in [2.05, 4.69) is 17.6 Å². The van der Waals surface area contributed by atoms with Crippen LogP contribution in [-0.4, -0.2) is 37.7 Å². The first kappa shape index (κ1) is 12.5. The Morgan fingerprint density at radius 3 is 2.73 bits per heavy atom. The molecule has 0 aromatic heterocycles. The standard InChI is InChI=1S/C11H22N2O2/c1-4-8(2)13-11(14)7-12-9-5-10(6-9)15-3/h8-10,12H,4-7H2,1-3H3,(H,13,14). The van der Waals surface area contributed by atoms with Crippen molar-refractivity contribution in [3.63, 3.8) is 0 Å². The molecular formula is C11H22N2O2. The van der Waals surface area contributed by atoms with Crippen molar-refractivity contribution in [1.82, 2.24) is 10.6 Å². The van der Waals surface area contributed by atoms with Crippen molar-refractivity contribution in [1.29, 1.82) is 0 Å². The molecule has 1 atom stereocenters. The third kappa shape index (κ3) is 4.18. The average Bonchev–Trinajstić information content (AvgIpc) is 2.15. The maximum atomic E-state index is 11.4. The van der Waals surface area contributed by atoms with Crippen LogP contribution in [0.1, 0.15) is 33.1 Å². The van der Waals surface area contributed by atoms with E-state index >= 15 is 0 Å². The highest BCUT2D eigenvalue weighted by Crippen LogP contribution is 2.21. The van der Waals surface area contributed by atoms with Gasteiger partial charge in [-0.3, -0.25) is 4.79 Å². The molecule has 0 radical (unpaired) electrons. The van der Waals surface area contributed by atoms with E-state index < -0.39 is 0 Å². The van der Waals surface area contributed by atoms with Gasteiger partial charge < -0.3 is 15.4 Å². The van der Waals surface area contributed by atoms with Gasteiger partial charge in [0.05, 0.1) is 12.6 Å². The van der Waals surface area contributed by atoms with Gasteiger partial charge in [-0.2, -0.15) is 0 Å². The Hall–Kier alpha value is -0.610. The number of amides is 1. The van der Waals surface area contributed by atoms with Crippen LogP contribution in [0.3, 0.4) is 0 Å². The fraction of sp³-hybridized carbons (Fsp3) is 0.909. The predicted molar refractivity (Wildman–Crippen MR) is 59.7 cm³/mol. The summed E-state index contributed by atoms with van der Waals surface area (Å²) in [5.41, 5.74) is 0. The lowest BCUT2D eigenvalue weighted by atomic mass is 9.89. The Morgan fingerprint density at radius 1 is 1.53 bits per heavy atom. The highest BCUT2D eigenvalue weighted by Gasteiger charge is 2.28. The summed E-state index contributed by atoms with van der Waals surface area (Å²) in [5.74, 6) is 0.0882. The smallest absolute Gasteiger partial charge is 0.234 e. The Bertz CT molecular complexity index is 203. The minimum absolute atomic E-state index is 0.0882. The molecule has 1 amide bonds. The summed E-state index contributed by atoms with van der Waals surface area (Å²) in [4.78, 5) is 11.4. The highest BCUT2D eigenvalue weighted by atomic mass is 16.5. The van der Waals surface area contributed by atoms with E-state index in [9.17, 15) is 4.79 Å². The minimum atomic E-state index is 0.0882. The van der Waals surface area contributed by atoms with Crippen LogP contribution < -0.4 is 10.6 Å². The molecule has 1 saturated carbocycles. The van der Waals surface area contributed by atoms with E-state index in [1.165, 1.54) is 0 Å². The third-order valence-corrected chi connectivity index (χ3v) is 3.00. The van der Waals surface area contributed by atoms with Crippen molar-refractivity contribution in [3.8, 4) is 0 Å². The van der Waals surface area contributed by atoms with Gasteiger partial charge in [0.25, 0.3) is 0 Å². The van der Waals surface area contributed by atoms with Crippen LogP contribution in [-0.2, 0) is 9.53 Å². The third-order valence-electron chi connectivity index (χ3n) is 3.00. The molecule has 0 aromatic carbocycles. The lowest BCUT2D eigenvalue weighted by molar-refractivity contribution is -0.121. The van der Waals surface area contributed by atoms with Crippen LogP contribution in [0.15, 0.2) is 0 Å². The Kier molecular flexibility index (Phi) is 5.05. The average molecular weight is 214 g/mol. The number of hydrogen-bond acceptors (Lipinski definition) is 3. The summed E-state index contributed by atoms with van der Waals surface area (Å²) in [6, 6.07) is 0.727. The van der Waals surface area contributed by atoms with Gasteiger partial charge in [0.2, 0.25) is 5.91 Å². The SMILES string of the molecule is CCC(C)NC(=O)CNC1CC(OC)C1. The van der Waals surface area contributed by atoms with Gasteiger partial charge in [-0.25, -0.2) is 0 Å². The first-order valence-electron chi connectivity index (χ1n) is 5.71. The molecule has 1 unspecified atom stereocenters. The normalized spacial score (nSPS) is 26.9. The summed E-state index contributed by atoms with van der Waals surface area (Å²) in [6.07, 6.45) is 3.40. The molecule has 1 rings (SSSR count). The fourth-order valence-corrected chi connectivity index (χ4v) is 1.59. The van der Waals surface area contributed by atoms with Crippen LogP contribution in [0.5, 0.6) is 0 Å². The number of carbonyl (C=O) groups is 1. The fourth-order valence-electron chi connectivity index (χ4n) is 1.59. The zero-order chi connectivity index (χ0) is 11.3. The molecule has 0 saturated heterocycles. The number of rotatable bonds is 6. The summed E-state index contributed by atoms with van der Waals surface area (Å²) in [5, 5.41) is 6.15. The van der Waals surface area contributed by atoms with Gasteiger partial charge in [0.1, 0.15) is 0 Å². The minimum Gasteiger partial charge on any atom is -0.381 e. The van der Waals surface area contributed by atoms with Crippen LogP contribution in [0.4, 0.5) is 0 Å². The molecule has 1 fully saturated rings. The number of methoxy groups -OCH3 is 1. The van der Waals surface area contributed by atoms with E-state index in [4.69, 9.17) is 4.74 Å². The van der Waals surface area contributed by atoms with E-state index in [0.717, 1.165) is 19.3 Å². The second-order valence-corrected chi connectivity index (χ2v) is 4.28. The summed E-state index contributed by atoms with van der Waals surface area (Å²) in [6.45, 7) is 4.50. The molecular weight excluding hydrogens is 192 g/mol.